The van der Waals surface area contributed by atoms with E-state index in [0.29, 0.717) is 28.8 Å². The first kappa shape index (κ1) is 14.5. The zero-order valence-corrected chi connectivity index (χ0v) is 11.9. The smallest absolute Gasteiger partial charge is 0.255 e. The highest BCUT2D eigenvalue weighted by atomic mass is 79.9. The van der Waals surface area contributed by atoms with Crippen LogP contribution >= 0.6 is 15.9 Å². The summed E-state index contributed by atoms with van der Waals surface area (Å²) in [5.41, 5.74) is 6.05. The summed E-state index contributed by atoms with van der Waals surface area (Å²) < 4.78 is 0.601. The molecule has 0 aromatic carbocycles. The summed E-state index contributed by atoms with van der Waals surface area (Å²) in [4.78, 5) is 17.9. The highest BCUT2D eigenvalue weighted by molar-refractivity contribution is 9.10. The van der Waals surface area contributed by atoms with Gasteiger partial charge in [0.05, 0.1) is 18.1 Å². The van der Waals surface area contributed by atoms with Gasteiger partial charge in [0.25, 0.3) is 5.91 Å². The van der Waals surface area contributed by atoms with Crippen LogP contribution in [0.1, 0.15) is 30.6 Å². The molecule has 0 aliphatic heterocycles. The fourth-order valence-corrected chi connectivity index (χ4v) is 1.92. The Morgan fingerprint density at radius 1 is 1.67 bits per heavy atom. The maximum absolute atomic E-state index is 12.4. The van der Waals surface area contributed by atoms with Crippen molar-refractivity contribution in [2.75, 3.05) is 12.3 Å². The number of amides is 1. The van der Waals surface area contributed by atoms with Gasteiger partial charge in [0.1, 0.15) is 5.82 Å². The van der Waals surface area contributed by atoms with E-state index in [0.717, 1.165) is 0 Å². The van der Waals surface area contributed by atoms with Crippen molar-refractivity contribution in [3.63, 3.8) is 0 Å². The molecule has 6 heteroatoms. The number of hydrogen-bond donors (Lipinski definition) is 1. The summed E-state index contributed by atoms with van der Waals surface area (Å²) in [6, 6.07) is 3.60. The Kier molecular flexibility index (Phi) is 5.10. The highest BCUT2D eigenvalue weighted by Crippen LogP contribution is 2.20. The normalized spacial score (nSPS) is 10.2. The lowest BCUT2D eigenvalue weighted by Crippen LogP contribution is -2.37. The second-order valence-electron chi connectivity index (χ2n) is 4.09. The van der Waals surface area contributed by atoms with E-state index >= 15 is 0 Å². The molecule has 2 N–H and O–H groups in total. The molecule has 0 saturated heterocycles. The molecule has 0 aliphatic rings. The predicted molar refractivity (Wildman–Crippen MR) is 72.8 cm³/mol. The molecule has 0 aliphatic carbocycles. The number of anilines is 1. The van der Waals surface area contributed by atoms with Crippen LogP contribution in [0.5, 0.6) is 0 Å². The van der Waals surface area contributed by atoms with Crippen LogP contribution in [-0.2, 0) is 0 Å². The molecule has 0 atom stereocenters. The van der Waals surface area contributed by atoms with Crippen LogP contribution in [0.4, 0.5) is 5.82 Å². The second-order valence-corrected chi connectivity index (χ2v) is 4.94. The molecule has 18 heavy (non-hydrogen) atoms. The molecule has 0 radical (unpaired) electrons. The third-order valence-electron chi connectivity index (χ3n) is 2.46. The summed E-state index contributed by atoms with van der Waals surface area (Å²) in [6.07, 6.45) is 1.81. The maximum atomic E-state index is 12.4. The average molecular weight is 311 g/mol. The molecular formula is C12H15BrN4O. The number of nitrogens with two attached hydrogens (primary N) is 1. The van der Waals surface area contributed by atoms with Gasteiger partial charge in [-0.2, -0.15) is 5.26 Å². The van der Waals surface area contributed by atoms with Crippen LogP contribution in [-0.4, -0.2) is 28.4 Å². The number of nitrogen functional groups attached to an aromatic ring is 1. The molecule has 0 unspecified atom stereocenters. The van der Waals surface area contributed by atoms with Crippen molar-refractivity contribution in [1.29, 1.82) is 5.26 Å². The molecule has 1 amide bonds. The van der Waals surface area contributed by atoms with Crippen LogP contribution < -0.4 is 5.73 Å². The number of carbonyl (C=O) groups is 1. The van der Waals surface area contributed by atoms with Gasteiger partial charge in [0.15, 0.2) is 0 Å². The largest absolute Gasteiger partial charge is 0.384 e. The number of carbonyl (C=O) groups excluding carboxylic acids is 1. The summed E-state index contributed by atoms with van der Waals surface area (Å²) in [6.45, 7) is 4.23. The number of pyridine rings is 1. The minimum Gasteiger partial charge on any atom is -0.384 e. The maximum Gasteiger partial charge on any atom is 0.255 e. The molecule has 96 valence electrons. The summed E-state index contributed by atoms with van der Waals surface area (Å²) in [5.74, 6) is 0.145. The lowest BCUT2D eigenvalue weighted by atomic mass is 10.2. The monoisotopic (exact) mass is 310 g/mol. The fourth-order valence-electron chi connectivity index (χ4n) is 1.54. The quantitative estimate of drug-likeness (QED) is 0.924. The van der Waals surface area contributed by atoms with Gasteiger partial charge in [-0.1, -0.05) is 0 Å². The van der Waals surface area contributed by atoms with E-state index in [2.05, 4.69) is 20.9 Å². The first-order valence-corrected chi connectivity index (χ1v) is 6.35. The summed E-state index contributed by atoms with van der Waals surface area (Å²) in [5, 5.41) is 8.62. The van der Waals surface area contributed by atoms with Crippen molar-refractivity contribution in [3.05, 3.63) is 22.3 Å². The van der Waals surface area contributed by atoms with E-state index in [4.69, 9.17) is 11.0 Å². The number of hydrogen-bond acceptors (Lipinski definition) is 4. The van der Waals surface area contributed by atoms with Crippen LogP contribution in [0, 0.1) is 11.3 Å². The lowest BCUT2D eigenvalue weighted by Gasteiger charge is -2.26. The third-order valence-corrected chi connectivity index (χ3v) is 3.09. The molecule has 1 aromatic rings. The third kappa shape index (κ3) is 3.44. The Morgan fingerprint density at radius 3 is 2.89 bits per heavy atom. The van der Waals surface area contributed by atoms with E-state index in [-0.39, 0.29) is 11.9 Å². The average Bonchev–Trinajstić information content (AvgIpc) is 2.32. The Morgan fingerprint density at radius 2 is 2.33 bits per heavy atom. The van der Waals surface area contributed by atoms with Crippen molar-refractivity contribution in [2.24, 2.45) is 0 Å². The van der Waals surface area contributed by atoms with Crippen molar-refractivity contribution >= 4 is 27.7 Å². The molecule has 1 aromatic heterocycles. The number of aromatic nitrogens is 1. The van der Waals surface area contributed by atoms with Crippen molar-refractivity contribution in [1.82, 2.24) is 9.88 Å². The van der Waals surface area contributed by atoms with Crippen molar-refractivity contribution < 1.29 is 4.79 Å². The van der Waals surface area contributed by atoms with E-state index in [1.54, 1.807) is 4.90 Å². The van der Waals surface area contributed by atoms with Crippen molar-refractivity contribution in [3.8, 4) is 6.07 Å². The first-order valence-electron chi connectivity index (χ1n) is 5.56. The van der Waals surface area contributed by atoms with Gasteiger partial charge in [-0.3, -0.25) is 4.79 Å². The number of nitriles is 1. The van der Waals surface area contributed by atoms with Gasteiger partial charge in [-0.15, -0.1) is 0 Å². The van der Waals surface area contributed by atoms with Gasteiger partial charge in [0.2, 0.25) is 0 Å². The van der Waals surface area contributed by atoms with Crippen LogP contribution in [0.15, 0.2) is 16.7 Å². The van der Waals surface area contributed by atoms with E-state index in [1.807, 2.05) is 19.9 Å². The molecule has 0 spiro atoms. The molecule has 0 fully saturated rings. The molecule has 1 heterocycles. The van der Waals surface area contributed by atoms with Gasteiger partial charge in [-0.05, 0) is 35.8 Å². The molecule has 0 bridgehead atoms. The van der Waals surface area contributed by atoms with Gasteiger partial charge in [-0.25, -0.2) is 4.98 Å². The van der Waals surface area contributed by atoms with Crippen molar-refractivity contribution in [2.45, 2.75) is 26.3 Å². The van der Waals surface area contributed by atoms with E-state index < -0.39 is 0 Å². The van der Waals surface area contributed by atoms with E-state index in [1.165, 1.54) is 12.3 Å². The molecule has 1 rings (SSSR count). The zero-order valence-electron chi connectivity index (χ0n) is 10.4. The van der Waals surface area contributed by atoms with Crippen LogP contribution in [0.3, 0.4) is 0 Å². The standard InChI is InChI=1S/C12H15BrN4O/c1-8(2)17(5-3-4-14)12(18)9-6-11(15)16-7-10(9)13/h6-8H,3,5H2,1-2H3,(H2,15,16). The first-order chi connectivity index (χ1) is 8.47. The zero-order chi connectivity index (χ0) is 13.7. The van der Waals surface area contributed by atoms with Crippen LogP contribution in [0.2, 0.25) is 0 Å². The summed E-state index contributed by atoms with van der Waals surface area (Å²) >= 11 is 3.29. The lowest BCUT2D eigenvalue weighted by molar-refractivity contribution is 0.0709. The van der Waals surface area contributed by atoms with Gasteiger partial charge >= 0.3 is 0 Å². The molecular weight excluding hydrogens is 296 g/mol. The van der Waals surface area contributed by atoms with Gasteiger partial charge in [0, 0.05) is 23.3 Å². The topological polar surface area (TPSA) is 83.0 Å². The second kappa shape index (κ2) is 6.36. The van der Waals surface area contributed by atoms with E-state index in [9.17, 15) is 4.79 Å². The minimum absolute atomic E-state index is 0.0205. The molecule has 5 nitrogen and oxygen atoms in total. The Labute approximate surface area is 115 Å². The minimum atomic E-state index is -0.152. The Bertz CT molecular complexity index is 481. The number of nitrogens with zero attached hydrogens (tertiary/aromatic N) is 3. The van der Waals surface area contributed by atoms with Crippen LogP contribution in [0.25, 0.3) is 0 Å². The highest BCUT2D eigenvalue weighted by Gasteiger charge is 2.20. The van der Waals surface area contributed by atoms with Gasteiger partial charge < -0.3 is 10.6 Å². The molecule has 0 saturated carbocycles. The predicted octanol–water partition coefficient (Wildman–Crippen LogP) is 2.19. The fraction of sp³-hybridized carbons (Fsp3) is 0.417. The number of rotatable bonds is 4. The summed E-state index contributed by atoms with van der Waals surface area (Å²) in [7, 11) is 0. The Hall–Kier alpha value is -1.61. The SMILES string of the molecule is CC(C)N(CCC#N)C(=O)c1cc(N)ncc1Br. The number of halogens is 1. The Balaban J connectivity index is 3.02.